The molecule has 0 aromatic heterocycles. The van der Waals surface area contributed by atoms with E-state index in [0.29, 0.717) is 25.7 Å². The van der Waals surface area contributed by atoms with Gasteiger partial charge in [0.15, 0.2) is 12.2 Å². The molecule has 0 aromatic carbocycles. The number of carbonyl (C=O) groups is 4. The maximum Gasteiger partial charge on any atom is 0.472 e. The van der Waals surface area contributed by atoms with Gasteiger partial charge < -0.3 is 33.8 Å². The van der Waals surface area contributed by atoms with E-state index in [1.165, 1.54) is 231 Å². The Balaban J connectivity index is 5.13. The fraction of sp³-hybridized carbons (Fsp3) is 0.949. The van der Waals surface area contributed by atoms with Crippen molar-refractivity contribution in [2.75, 3.05) is 39.6 Å². The highest BCUT2D eigenvalue weighted by atomic mass is 31.2. The van der Waals surface area contributed by atoms with Crippen molar-refractivity contribution in [3.8, 4) is 0 Å². The topological polar surface area (TPSA) is 237 Å². The van der Waals surface area contributed by atoms with E-state index in [-0.39, 0.29) is 25.7 Å². The number of aliphatic hydroxyl groups excluding tert-OH is 1. The molecule has 0 spiro atoms. The van der Waals surface area contributed by atoms with Crippen LogP contribution >= 0.6 is 15.6 Å². The third kappa shape index (κ3) is 72.2. The van der Waals surface area contributed by atoms with Crippen LogP contribution in [-0.2, 0) is 65.4 Å². The fourth-order valence-corrected chi connectivity index (χ4v) is 13.6. The van der Waals surface area contributed by atoms with Crippen LogP contribution in [0, 0.1) is 5.92 Å². The van der Waals surface area contributed by atoms with Crippen molar-refractivity contribution < 1.29 is 80.2 Å². The van der Waals surface area contributed by atoms with Crippen molar-refractivity contribution in [1.29, 1.82) is 0 Å². The lowest BCUT2D eigenvalue weighted by atomic mass is 10.0. The van der Waals surface area contributed by atoms with Crippen LogP contribution in [-0.4, -0.2) is 96.7 Å². The summed E-state index contributed by atoms with van der Waals surface area (Å²) in [5.41, 5.74) is 0. The second-order valence-corrected chi connectivity index (χ2v) is 31.5. The predicted molar refractivity (Wildman–Crippen MR) is 395 cm³/mol. The first-order valence-corrected chi connectivity index (χ1v) is 43.6. The van der Waals surface area contributed by atoms with Crippen LogP contribution in [0.1, 0.15) is 413 Å². The van der Waals surface area contributed by atoms with E-state index >= 15 is 0 Å². The van der Waals surface area contributed by atoms with Gasteiger partial charge in [0.2, 0.25) is 0 Å². The van der Waals surface area contributed by atoms with Crippen LogP contribution in [0.5, 0.6) is 0 Å². The predicted octanol–water partition coefficient (Wildman–Crippen LogP) is 23.3. The summed E-state index contributed by atoms with van der Waals surface area (Å²) in [4.78, 5) is 72.6. The zero-order chi connectivity index (χ0) is 71.2. The smallest absolute Gasteiger partial charge is 0.462 e. The Kier molecular flexibility index (Phi) is 69.6. The van der Waals surface area contributed by atoms with Crippen LogP contribution in [0.3, 0.4) is 0 Å². The molecule has 0 amide bonds. The molecule has 0 saturated carbocycles. The van der Waals surface area contributed by atoms with Gasteiger partial charge in [0, 0.05) is 25.7 Å². The van der Waals surface area contributed by atoms with Crippen LogP contribution in [0.15, 0.2) is 0 Å². The number of hydrogen-bond donors (Lipinski definition) is 3. The second-order valence-electron chi connectivity index (χ2n) is 28.6. The molecule has 17 nitrogen and oxygen atoms in total. The number of rotatable bonds is 78. The minimum absolute atomic E-state index is 0.108. The molecule has 0 aliphatic heterocycles. The summed E-state index contributed by atoms with van der Waals surface area (Å²) < 4.78 is 68.4. The lowest BCUT2D eigenvalue weighted by Crippen LogP contribution is -2.30. The van der Waals surface area contributed by atoms with E-state index in [4.69, 9.17) is 37.0 Å². The Morgan fingerprint density at radius 2 is 0.474 bits per heavy atom. The Hall–Kier alpha value is -1.94. The molecule has 0 aliphatic carbocycles. The van der Waals surface area contributed by atoms with E-state index in [0.717, 1.165) is 102 Å². The summed E-state index contributed by atoms with van der Waals surface area (Å²) in [6, 6.07) is 0. The molecule has 0 fully saturated rings. The van der Waals surface area contributed by atoms with Gasteiger partial charge in [-0.05, 0) is 31.6 Å². The molecule has 0 radical (unpaired) electrons. The van der Waals surface area contributed by atoms with Gasteiger partial charge in [0.05, 0.1) is 26.4 Å². The number of ether oxygens (including phenoxy) is 4. The molecule has 0 heterocycles. The largest absolute Gasteiger partial charge is 0.472 e. The fourth-order valence-electron chi connectivity index (χ4n) is 12.1. The summed E-state index contributed by atoms with van der Waals surface area (Å²) in [5, 5.41) is 10.6. The quantitative estimate of drug-likeness (QED) is 0.0222. The molecule has 0 bridgehead atoms. The SMILES string of the molecule is CCCCCCCCCCCCCCCCCCCCC(=O)OC[C@H](COP(=O)(O)OC[C@@H](O)COP(=O)(O)OC[C@@H](COC(=O)CCCCCCC)OC(=O)CCCCCCCCCCCCCCCCCC)OC(=O)CCCCCCCCCCCCCCCCCC(C)C. The molecule has 0 rings (SSSR count). The zero-order valence-corrected chi connectivity index (χ0v) is 65.0. The number of phosphoric acid groups is 2. The number of hydrogen-bond acceptors (Lipinski definition) is 15. The number of phosphoric ester groups is 2. The molecule has 2 unspecified atom stereocenters. The van der Waals surface area contributed by atoms with Crippen molar-refractivity contribution in [2.45, 2.75) is 432 Å². The molecule has 97 heavy (non-hydrogen) atoms. The lowest BCUT2D eigenvalue weighted by Gasteiger charge is -2.21. The number of esters is 4. The first-order valence-electron chi connectivity index (χ1n) is 40.6. The standard InChI is InChI=1S/C78H152O17P2/c1-6-9-12-15-17-19-21-23-25-27-28-32-35-39-43-47-52-57-62-76(81)89-68-74(95-78(83)64-59-54-49-45-41-37-33-29-30-34-38-42-46-51-55-60-71(4)5)70-93-97(86,87)91-66-72(79)65-90-96(84,85)92-69-73(67-88-75(80)61-56-50-14-11-8-3)94-77(82)63-58-53-48-44-40-36-31-26-24-22-20-18-16-13-10-7-2/h71-74,79H,6-70H2,1-5H3,(H,84,85)(H,86,87)/t72-,73+,74+/m0/s1. The van der Waals surface area contributed by atoms with Gasteiger partial charge >= 0.3 is 39.5 Å². The van der Waals surface area contributed by atoms with E-state index in [9.17, 15) is 43.2 Å². The molecule has 576 valence electrons. The maximum absolute atomic E-state index is 13.1. The Morgan fingerprint density at radius 3 is 0.701 bits per heavy atom. The summed E-state index contributed by atoms with van der Waals surface area (Å²) in [6.45, 7) is 7.25. The first kappa shape index (κ1) is 95.1. The zero-order valence-electron chi connectivity index (χ0n) is 63.2. The molecule has 0 aliphatic rings. The second kappa shape index (κ2) is 71.1. The lowest BCUT2D eigenvalue weighted by molar-refractivity contribution is -0.161. The van der Waals surface area contributed by atoms with Crippen molar-refractivity contribution in [3.05, 3.63) is 0 Å². The van der Waals surface area contributed by atoms with Crippen LogP contribution in [0.4, 0.5) is 0 Å². The van der Waals surface area contributed by atoms with Gasteiger partial charge in [-0.25, -0.2) is 9.13 Å². The van der Waals surface area contributed by atoms with Crippen molar-refractivity contribution in [1.82, 2.24) is 0 Å². The molecular formula is C78H152O17P2. The van der Waals surface area contributed by atoms with Gasteiger partial charge in [-0.15, -0.1) is 0 Å². The summed E-state index contributed by atoms with van der Waals surface area (Å²) in [6.07, 6.45) is 61.5. The molecule has 3 N–H and O–H groups in total. The molecular weight excluding hydrogens is 1270 g/mol. The minimum Gasteiger partial charge on any atom is -0.462 e. The maximum atomic E-state index is 13.1. The summed E-state index contributed by atoms with van der Waals surface area (Å²) in [5.74, 6) is -1.32. The third-order valence-corrected chi connectivity index (χ3v) is 20.2. The number of carbonyl (C=O) groups excluding carboxylic acids is 4. The molecule has 19 heteroatoms. The van der Waals surface area contributed by atoms with Gasteiger partial charge in [0.1, 0.15) is 19.3 Å². The Bertz CT molecular complexity index is 1860. The molecule has 0 saturated heterocycles. The minimum atomic E-state index is -4.96. The van der Waals surface area contributed by atoms with Gasteiger partial charge in [-0.3, -0.25) is 37.3 Å². The third-order valence-electron chi connectivity index (χ3n) is 18.3. The monoisotopic (exact) mass is 1420 g/mol. The van der Waals surface area contributed by atoms with Crippen LogP contribution < -0.4 is 0 Å². The number of unbranched alkanes of at least 4 members (excludes halogenated alkanes) is 50. The van der Waals surface area contributed by atoms with Gasteiger partial charge in [-0.2, -0.15) is 0 Å². The van der Waals surface area contributed by atoms with Crippen molar-refractivity contribution in [3.63, 3.8) is 0 Å². The first-order chi connectivity index (χ1) is 47.0. The highest BCUT2D eigenvalue weighted by Gasteiger charge is 2.30. The van der Waals surface area contributed by atoms with E-state index < -0.39 is 97.5 Å². The summed E-state index contributed by atoms with van der Waals surface area (Å²) in [7, 11) is -9.90. The average Bonchev–Trinajstić information content (AvgIpc) is 2.15. The van der Waals surface area contributed by atoms with E-state index in [1.807, 2.05) is 0 Å². The van der Waals surface area contributed by atoms with Gasteiger partial charge in [-0.1, -0.05) is 362 Å². The van der Waals surface area contributed by atoms with Crippen LogP contribution in [0.25, 0.3) is 0 Å². The molecule has 5 atom stereocenters. The highest BCUT2D eigenvalue weighted by Crippen LogP contribution is 2.45. The molecule has 0 aromatic rings. The Morgan fingerprint density at radius 1 is 0.278 bits per heavy atom. The summed E-state index contributed by atoms with van der Waals surface area (Å²) >= 11 is 0. The van der Waals surface area contributed by atoms with E-state index in [1.54, 1.807) is 0 Å². The normalized spacial score (nSPS) is 13.9. The highest BCUT2D eigenvalue weighted by molar-refractivity contribution is 7.47. The van der Waals surface area contributed by atoms with Gasteiger partial charge in [0.25, 0.3) is 0 Å². The average molecular weight is 1420 g/mol. The van der Waals surface area contributed by atoms with Crippen molar-refractivity contribution >= 4 is 39.5 Å². The van der Waals surface area contributed by atoms with Crippen LogP contribution in [0.2, 0.25) is 0 Å². The van der Waals surface area contributed by atoms with E-state index in [2.05, 4.69) is 34.6 Å². The Labute approximate surface area is 594 Å². The number of aliphatic hydroxyl groups is 1. The van der Waals surface area contributed by atoms with Crippen molar-refractivity contribution in [2.24, 2.45) is 5.92 Å².